The Hall–Kier alpha value is -2.44. The molecule has 1 rings (SSSR count). The van der Waals surface area contributed by atoms with Crippen molar-refractivity contribution in [2.24, 2.45) is 0 Å². The fourth-order valence-corrected chi connectivity index (χ4v) is 3.20. The number of hydrogen-bond acceptors (Lipinski definition) is 5. The van der Waals surface area contributed by atoms with E-state index in [1.54, 1.807) is 12.1 Å². The van der Waals surface area contributed by atoms with E-state index in [1.807, 2.05) is 0 Å². The van der Waals surface area contributed by atoms with E-state index in [0.29, 0.717) is 12.4 Å². The van der Waals surface area contributed by atoms with Gasteiger partial charge >= 0.3 is 11.9 Å². The lowest BCUT2D eigenvalue weighted by atomic mass is 10.1. The van der Waals surface area contributed by atoms with Crippen molar-refractivity contribution in [3.63, 3.8) is 0 Å². The van der Waals surface area contributed by atoms with Gasteiger partial charge in [-0.2, -0.15) is 0 Å². The van der Waals surface area contributed by atoms with Crippen LogP contribution in [-0.4, -0.2) is 40.0 Å². The lowest BCUT2D eigenvalue weighted by Gasteiger charge is -2.25. The molecule has 2 N–H and O–H groups in total. The maximum absolute atomic E-state index is 11.4. The molecule has 0 aromatic heterocycles. The van der Waals surface area contributed by atoms with E-state index in [1.165, 1.54) is 85.1 Å². The molecule has 0 atom stereocenters. The van der Waals surface area contributed by atoms with Crippen LogP contribution in [0.2, 0.25) is 0 Å². The smallest absolute Gasteiger partial charge is 0.347 e. The van der Waals surface area contributed by atoms with E-state index in [9.17, 15) is 19.8 Å². The molecule has 1 aromatic carbocycles. The fourth-order valence-electron chi connectivity index (χ4n) is 3.20. The summed E-state index contributed by atoms with van der Waals surface area (Å²) < 4.78 is 17.1. The van der Waals surface area contributed by atoms with Crippen LogP contribution in [-0.2, 0) is 9.59 Å². The molecule has 0 fully saturated rings. The third-order valence-corrected chi connectivity index (χ3v) is 5.40. The van der Waals surface area contributed by atoms with Gasteiger partial charge < -0.3 is 24.4 Å². The first kappa shape index (κ1) is 28.6. The van der Waals surface area contributed by atoms with E-state index < -0.39 is 23.1 Å². The van der Waals surface area contributed by atoms with Crippen molar-refractivity contribution < 1.29 is 34.0 Å². The van der Waals surface area contributed by atoms with Crippen LogP contribution in [0, 0.1) is 0 Å². The Morgan fingerprint density at radius 1 is 0.667 bits per heavy atom. The summed E-state index contributed by atoms with van der Waals surface area (Å²) in [6, 6.07) is 4.67. The van der Waals surface area contributed by atoms with Gasteiger partial charge in [-0.3, -0.25) is 0 Å². The van der Waals surface area contributed by atoms with Gasteiger partial charge in [0.15, 0.2) is 11.2 Å². The van der Waals surface area contributed by atoms with E-state index in [4.69, 9.17) is 14.2 Å². The highest BCUT2D eigenvalue weighted by Gasteiger charge is 2.32. The number of hydrogen-bond donors (Lipinski definition) is 2. The molecule has 1 aromatic rings. The van der Waals surface area contributed by atoms with Crippen LogP contribution < -0.4 is 14.2 Å². The normalized spacial score (nSPS) is 11.8. The standard InChI is InChI=1S/C26H42O7/c1-6-7-8-9-10-11-12-13-14-15-16-31-20-17-21(32-25(2,3)23(27)28)19-22(18-20)33-26(4,5)24(29)30/h17-19H,6-16H2,1-5H3,(H,27,28)(H,29,30). The van der Waals surface area contributed by atoms with Crippen molar-refractivity contribution in [2.75, 3.05) is 6.61 Å². The minimum atomic E-state index is -1.46. The number of carbonyl (C=O) groups is 2. The second kappa shape index (κ2) is 14.0. The first-order valence-electron chi connectivity index (χ1n) is 12.1. The predicted octanol–water partition coefficient (Wildman–Crippen LogP) is 6.47. The first-order chi connectivity index (χ1) is 15.5. The Bertz CT molecular complexity index is 694. The molecule has 0 unspecified atom stereocenters. The highest BCUT2D eigenvalue weighted by molar-refractivity contribution is 5.77. The molecule has 0 heterocycles. The zero-order valence-electron chi connectivity index (χ0n) is 20.9. The van der Waals surface area contributed by atoms with E-state index in [-0.39, 0.29) is 11.5 Å². The number of benzene rings is 1. The van der Waals surface area contributed by atoms with Gasteiger partial charge in [-0.05, 0) is 34.1 Å². The fraction of sp³-hybridized carbons (Fsp3) is 0.692. The first-order valence-corrected chi connectivity index (χ1v) is 12.1. The SMILES string of the molecule is CCCCCCCCCCCCOc1cc(OC(C)(C)C(=O)O)cc(OC(C)(C)C(=O)O)c1. The van der Waals surface area contributed by atoms with Gasteiger partial charge in [-0.25, -0.2) is 9.59 Å². The lowest BCUT2D eigenvalue weighted by molar-refractivity contribution is -0.152. The summed E-state index contributed by atoms with van der Waals surface area (Å²) in [6.07, 6.45) is 12.3. The summed E-state index contributed by atoms with van der Waals surface area (Å²) in [5.74, 6) is -1.32. The summed E-state index contributed by atoms with van der Waals surface area (Å²) in [4.78, 5) is 22.9. The van der Waals surface area contributed by atoms with E-state index in [2.05, 4.69) is 6.92 Å². The van der Waals surface area contributed by atoms with Gasteiger partial charge in [0.1, 0.15) is 17.2 Å². The summed E-state index contributed by atoms with van der Waals surface area (Å²) >= 11 is 0. The monoisotopic (exact) mass is 466 g/mol. The zero-order valence-corrected chi connectivity index (χ0v) is 20.9. The van der Waals surface area contributed by atoms with Crippen LogP contribution in [0.25, 0.3) is 0 Å². The Balaban J connectivity index is 2.63. The number of aliphatic carboxylic acids is 2. The van der Waals surface area contributed by atoms with E-state index in [0.717, 1.165) is 12.8 Å². The molecule has 0 aliphatic carbocycles. The van der Waals surface area contributed by atoms with Crippen molar-refractivity contribution in [3.05, 3.63) is 18.2 Å². The molecule has 0 saturated heterocycles. The van der Waals surface area contributed by atoms with Crippen LogP contribution >= 0.6 is 0 Å². The molecule has 0 aliphatic rings. The molecule has 0 bridgehead atoms. The maximum Gasteiger partial charge on any atom is 0.347 e. The molecular weight excluding hydrogens is 424 g/mol. The molecule has 0 amide bonds. The topological polar surface area (TPSA) is 102 Å². The largest absolute Gasteiger partial charge is 0.493 e. The summed E-state index contributed by atoms with van der Waals surface area (Å²) in [7, 11) is 0. The van der Waals surface area contributed by atoms with Crippen LogP contribution in [0.1, 0.15) is 98.8 Å². The van der Waals surface area contributed by atoms with Gasteiger partial charge in [-0.15, -0.1) is 0 Å². The van der Waals surface area contributed by atoms with Crippen molar-refractivity contribution in [1.29, 1.82) is 0 Å². The number of carboxylic acid groups (broad SMARTS) is 2. The Morgan fingerprint density at radius 3 is 1.42 bits per heavy atom. The van der Waals surface area contributed by atoms with Crippen molar-refractivity contribution in [1.82, 2.24) is 0 Å². The van der Waals surface area contributed by atoms with Gasteiger partial charge in [0.2, 0.25) is 0 Å². The van der Waals surface area contributed by atoms with Crippen LogP contribution in [0.3, 0.4) is 0 Å². The quantitative estimate of drug-likeness (QED) is 0.239. The Morgan fingerprint density at radius 2 is 1.03 bits per heavy atom. The van der Waals surface area contributed by atoms with Gasteiger partial charge in [0.25, 0.3) is 0 Å². The molecule has 0 spiro atoms. The highest BCUT2D eigenvalue weighted by Crippen LogP contribution is 2.32. The zero-order chi connectivity index (χ0) is 24.9. The third-order valence-electron chi connectivity index (χ3n) is 5.40. The molecule has 0 aliphatic heterocycles. The number of ether oxygens (including phenoxy) is 3. The van der Waals surface area contributed by atoms with Crippen molar-refractivity contribution in [3.8, 4) is 17.2 Å². The molecular formula is C26H42O7. The molecule has 0 saturated carbocycles. The van der Waals surface area contributed by atoms with E-state index >= 15 is 0 Å². The van der Waals surface area contributed by atoms with Crippen molar-refractivity contribution in [2.45, 2.75) is 110 Å². The second-order valence-corrected chi connectivity index (χ2v) is 9.51. The lowest BCUT2D eigenvalue weighted by Crippen LogP contribution is -2.38. The minimum absolute atomic E-state index is 0.235. The average molecular weight is 467 g/mol. The minimum Gasteiger partial charge on any atom is -0.493 e. The summed E-state index contributed by atoms with van der Waals surface area (Å²) in [5.41, 5.74) is -2.93. The maximum atomic E-state index is 11.4. The molecule has 7 heteroatoms. The van der Waals surface area contributed by atoms with Crippen LogP contribution in [0.4, 0.5) is 0 Å². The van der Waals surface area contributed by atoms with Gasteiger partial charge in [-0.1, -0.05) is 64.7 Å². The van der Waals surface area contributed by atoms with Crippen LogP contribution in [0.15, 0.2) is 18.2 Å². The molecule has 0 radical (unpaired) electrons. The Labute approximate surface area is 198 Å². The summed E-state index contributed by atoms with van der Waals surface area (Å²) in [6.45, 7) is 8.49. The average Bonchev–Trinajstić information content (AvgIpc) is 2.71. The predicted molar refractivity (Wildman–Crippen MR) is 128 cm³/mol. The molecule has 7 nitrogen and oxygen atoms in total. The van der Waals surface area contributed by atoms with Gasteiger partial charge in [0, 0.05) is 18.2 Å². The third kappa shape index (κ3) is 11.3. The second-order valence-electron chi connectivity index (χ2n) is 9.51. The summed E-state index contributed by atoms with van der Waals surface area (Å²) in [5, 5.41) is 18.7. The molecule has 188 valence electrons. The van der Waals surface area contributed by atoms with Gasteiger partial charge in [0.05, 0.1) is 6.61 Å². The Kier molecular flexibility index (Phi) is 12.1. The number of rotatable bonds is 18. The number of carboxylic acids is 2. The van der Waals surface area contributed by atoms with Crippen molar-refractivity contribution >= 4 is 11.9 Å². The number of unbranched alkanes of at least 4 members (excludes halogenated alkanes) is 9. The highest BCUT2D eigenvalue weighted by atomic mass is 16.5. The van der Waals surface area contributed by atoms with Crippen LogP contribution in [0.5, 0.6) is 17.2 Å². The molecule has 33 heavy (non-hydrogen) atoms.